The predicted molar refractivity (Wildman–Crippen MR) is 56.1 cm³/mol. The molecule has 0 saturated carbocycles. The van der Waals surface area contributed by atoms with Crippen LogP contribution in [-0.2, 0) is 0 Å². The van der Waals surface area contributed by atoms with Gasteiger partial charge < -0.3 is 5.11 Å². The Hall–Kier alpha value is -0.680. The van der Waals surface area contributed by atoms with Crippen LogP contribution >= 0.6 is 27.3 Å². The molecule has 5 heteroatoms. The Morgan fingerprint density at radius 1 is 1.36 bits per heavy atom. The van der Waals surface area contributed by atoms with Gasteiger partial charge in [-0.3, -0.25) is 0 Å². The van der Waals surface area contributed by atoms with E-state index in [-0.39, 0.29) is 11.3 Å². The van der Waals surface area contributed by atoms with Crippen LogP contribution < -0.4 is 0 Å². The molecule has 0 unspecified atom stereocenters. The molecule has 74 valence electrons. The van der Waals surface area contributed by atoms with Crippen LogP contribution in [0.5, 0.6) is 5.75 Å². The van der Waals surface area contributed by atoms with Crippen LogP contribution in [0.15, 0.2) is 22.0 Å². The van der Waals surface area contributed by atoms with Crippen molar-refractivity contribution >= 4 is 37.4 Å². The van der Waals surface area contributed by atoms with E-state index in [2.05, 4.69) is 15.9 Å². The van der Waals surface area contributed by atoms with Gasteiger partial charge in [0.25, 0.3) is 6.43 Å². The Morgan fingerprint density at radius 3 is 2.71 bits per heavy atom. The summed E-state index contributed by atoms with van der Waals surface area (Å²) in [5, 5.41) is 11.3. The molecule has 1 aromatic carbocycles. The Morgan fingerprint density at radius 2 is 2.07 bits per heavy atom. The lowest BCUT2D eigenvalue weighted by Crippen LogP contribution is -1.84. The van der Waals surface area contributed by atoms with Crippen LogP contribution in [0.2, 0.25) is 0 Å². The minimum Gasteiger partial charge on any atom is -0.506 e. The summed E-state index contributed by atoms with van der Waals surface area (Å²) in [6.07, 6.45) is -2.52. The molecule has 1 nitrogen and oxygen atoms in total. The van der Waals surface area contributed by atoms with E-state index in [0.717, 1.165) is 11.3 Å². The normalized spacial score (nSPS) is 11.4. The number of aromatic hydroxyl groups is 1. The standard InChI is InChI=1S/C9H5BrF2OS/c10-4-1-5-7(13)3-14-8(5)6(2-4)9(11)12/h1-3,9,13H. The second-order valence-corrected chi connectivity index (χ2v) is 4.59. The highest BCUT2D eigenvalue weighted by Crippen LogP contribution is 2.39. The summed E-state index contributed by atoms with van der Waals surface area (Å²) in [7, 11) is 0. The van der Waals surface area contributed by atoms with Gasteiger partial charge in [0.2, 0.25) is 0 Å². The first-order chi connectivity index (χ1) is 6.59. The summed E-state index contributed by atoms with van der Waals surface area (Å²) in [6.45, 7) is 0. The summed E-state index contributed by atoms with van der Waals surface area (Å²) in [5.74, 6) is 0.0493. The molecule has 0 atom stereocenters. The highest BCUT2D eigenvalue weighted by atomic mass is 79.9. The average molecular weight is 279 g/mol. The highest BCUT2D eigenvalue weighted by Gasteiger charge is 2.15. The molecule has 0 saturated heterocycles. The lowest BCUT2D eigenvalue weighted by atomic mass is 10.1. The first-order valence-electron chi connectivity index (χ1n) is 3.77. The summed E-state index contributed by atoms with van der Waals surface area (Å²) >= 11 is 4.26. The highest BCUT2D eigenvalue weighted by molar-refractivity contribution is 9.10. The Balaban J connectivity index is 2.82. The first-order valence-corrected chi connectivity index (χ1v) is 5.44. The number of halogens is 3. The van der Waals surface area contributed by atoms with Crippen LogP contribution in [0, 0.1) is 0 Å². The van der Waals surface area contributed by atoms with E-state index in [0.29, 0.717) is 14.6 Å². The van der Waals surface area contributed by atoms with Gasteiger partial charge in [0.1, 0.15) is 5.75 Å². The fourth-order valence-corrected chi connectivity index (χ4v) is 2.68. The number of hydrogen-bond donors (Lipinski definition) is 1. The zero-order chi connectivity index (χ0) is 10.3. The topological polar surface area (TPSA) is 20.2 Å². The van der Waals surface area contributed by atoms with Crippen LogP contribution in [-0.4, -0.2) is 5.11 Å². The van der Waals surface area contributed by atoms with E-state index in [1.54, 1.807) is 6.07 Å². The van der Waals surface area contributed by atoms with Gasteiger partial charge in [-0.15, -0.1) is 11.3 Å². The van der Waals surface area contributed by atoms with Crippen LogP contribution in [0.4, 0.5) is 8.78 Å². The van der Waals surface area contributed by atoms with E-state index in [1.165, 1.54) is 11.4 Å². The molecule has 1 aromatic heterocycles. The molecule has 2 aromatic rings. The molecule has 0 bridgehead atoms. The summed E-state index contributed by atoms with van der Waals surface area (Å²) in [6, 6.07) is 3.01. The van der Waals surface area contributed by atoms with Crippen LogP contribution in [0.3, 0.4) is 0 Å². The maximum atomic E-state index is 12.6. The molecule has 0 amide bonds. The van der Waals surface area contributed by atoms with E-state index in [9.17, 15) is 13.9 Å². The third-order valence-electron chi connectivity index (χ3n) is 1.88. The second-order valence-electron chi connectivity index (χ2n) is 2.79. The number of fused-ring (bicyclic) bond motifs is 1. The van der Waals surface area contributed by atoms with E-state index >= 15 is 0 Å². The number of thiophene rings is 1. The van der Waals surface area contributed by atoms with Crippen molar-refractivity contribution in [3.63, 3.8) is 0 Å². The minimum atomic E-state index is -2.52. The zero-order valence-corrected chi connectivity index (χ0v) is 9.20. The lowest BCUT2D eigenvalue weighted by molar-refractivity contribution is 0.153. The smallest absolute Gasteiger partial charge is 0.265 e. The molecule has 1 N–H and O–H groups in total. The fourth-order valence-electron chi connectivity index (χ4n) is 1.28. The largest absolute Gasteiger partial charge is 0.506 e. The van der Waals surface area contributed by atoms with Crippen molar-refractivity contribution in [3.8, 4) is 5.75 Å². The Labute approximate surface area is 91.1 Å². The minimum absolute atomic E-state index is 0.0420. The van der Waals surface area contributed by atoms with Crippen molar-refractivity contribution in [2.45, 2.75) is 6.43 Å². The van der Waals surface area contributed by atoms with Gasteiger partial charge in [-0.2, -0.15) is 0 Å². The van der Waals surface area contributed by atoms with Crippen molar-refractivity contribution in [2.75, 3.05) is 0 Å². The van der Waals surface area contributed by atoms with Gasteiger partial charge in [-0.05, 0) is 12.1 Å². The van der Waals surface area contributed by atoms with Crippen molar-refractivity contribution < 1.29 is 13.9 Å². The summed E-state index contributed by atoms with van der Waals surface area (Å²) in [5.41, 5.74) is -0.0420. The summed E-state index contributed by atoms with van der Waals surface area (Å²) < 4.78 is 26.2. The molecule has 0 aliphatic rings. The van der Waals surface area contributed by atoms with Crippen molar-refractivity contribution in [2.24, 2.45) is 0 Å². The molecule has 0 spiro atoms. The SMILES string of the molecule is Oc1csc2c(C(F)F)cc(Br)cc12. The summed E-state index contributed by atoms with van der Waals surface area (Å²) in [4.78, 5) is 0. The number of rotatable bonds is 1. The van der Waals surface area contributed by atoms with E-state index in [1.807, 2.05) is 0 Å². The first kappa shape index (κ1) is 9.86. The molecule has 2 rings (SSSR count). The van der Waals surface area contributed by atoms with Gasteiger partial charge in [0.15, 0.2) is 0 Å². The molecule has 0 radical (unpaired) electrons. The van der Waals surface area contributed by atoms with Gasteiger partial charge >= 0.3 is 0 Å². The van der Waals surface area contributed by atoms with Crippen molar-refractivity contribution in [3.05, 3.63) is 27.5 Å². The van der Waals surface area contributed by atoms with Crippen molar-refractivity contribution in [1.82, 2.24) is 0 Å². The van der Waals surface area contributed by atoms with Crippen LogP contribution in [0.25, 0.3) is 10.1 Å². The van der Waals surface area contributed by atoms with E-state index < -0.39 is 6.43 Å². The quantitative estimate of drug-likeness (QED) is 0.824. The monoisotopic (exact) mass is 278 g/mol. The third kappa shape index (κ3) is 1.50. The molecular formula is C9H5BrF2OS. The lowest BCUT2D eigenvalue weighted by Gasteiger charge is -2.02. The number of benzene rings is 1. The van der Waals surface area contributed by atoms with Gasteiger partial charge in [-0.25, -0.2) is 8.78 Å². The fraction of sp³-hybridized carbons (Fsp3) is 0.111. The molecular weight excluding hydrogens is 274 g/mol. The number of hydrogen-bond acceptors (Lipinski definition) is 2. The molecule has 0 fully saturated rings. The average Bonchev–Trinajstić information content (AvgIpc) is 2.47. The molecule has 0 aliphatic carbocycles. The molecule has 14 heavy (non-hydrogen) atoms. The number of alkyl halides is 2. The van der Waals surface area contributed by atoms with Crippen LogP contribution in [0.1, 0.15) is 12.0 Å². The molecule has 1 heterocycles. The second kappa shape index (κ2) is 3.47. The predicted octanol–water partition coefficient (Wildman–Crippen LogP) is 4.31. The van der Waals surface area contributed by atoms with Gasteiger partial charge in [0.05, 0.1) is 0 Å². The third-order valence-corrected chi connectivity index (χ3v) is 3.37. The van der Waals surface area contributed by atoms with E-state index in [4.69, 9.17) is 0 Å². The Bertz CT molecular complexity index is 481. The maximum absolute atomic E-state index is 12.6. The van der Waals surface area contributed by atoms with Gasteiger partial charge in [0, 0.05) is 25.5 Å². The maximum Gasteiger partial charge on any atom is 0.265 e. The van der Waals surface area contributed by atoms with Crippen molar-refractivity contribution in [1.29, 1.82) is 0 Å². The molecule has 0 aliphatic heterocycles. The zero-order valence-electron chi connectivity index (χ0n) is 6.80. The van der Waals surface area contributed by atoms with Gasteiger partial charge in [-0.1, -0.05) is 15.9 Å². The Kier molecular flexibility index (Phi) is 2.45.